The quantitative estimate of drug-likeness (QED) is 0.400. The van der Waals surface area contributed by atoms with Crippen molar-refractivity contribution in [2.45, 2.75) is 13.1 Å². The molecule has 116 valence electrons. The van der Waals surface area contributed by atoms with Gasteiger partial charge in [-0.2, -0.15) is 0 Å². The lowest BCUT2D eigenvalue weighted by molar-refractivity contribution is 0.200. The Morgan fingerprint density at radius 2 is 1.14 bits per heavy atom. The van der Waals surface area contributed by atoms with Crippen LogP contribution in [0.4, 0.5) is 0 Å². The van der Waals surface area contributed by atoms with Crippen LogP contribution in [0.5, 0.6) is 0 Å². The van der Waals surface area contributed by atoms with Crippen molar-refractivity contribution in [3.8, 4) is 0 Å². The van der Waals surface area contributed by atoms with Crippen molar-refractivity contribution in [3.05, 3.63) is 71.8 Å². The second kappa shape index (κ2) is 10.2. The molecule has 0 aromatic heterocycles. The van der Waals surface area contributed by atoms with Crippen LogP contribution in [0.2, 0.25) is 0 Å². The van der Waals surface area contributed by atoms with Crippen LogP contribution < -0.4 is 10.6 Å². The van der Waals surface area contributed by atoms with E-state index in [1.807, 2.05) is 60.7 Å². The summed E-state index contributed by atoms with van der Waals surface area (Å²) in [5, 5.41) is 6.08. The third-order valence-corrected chi connectivity index (χ3v) is 3.57. The number of rotatable bonds is 10. The van der Waals surface area contributed by atoms with E-state index >= 15 is 0 Å². The van der Waals surface area contributed by atoms with Gasteiger partial charge in [0, 0.05) is 17.7 Å². The fraction of sp³-hybridized carbons (Fsp3) is 0.250. The van der Waals surface area contributed by atoms with E-state index in [2.05, 4.69) is 10.6 Å². The molecule has 0 spiro atoms. The van der Waals surface area contributed by atoms with Crippen LogP contribution in [-0.2, 0) is 26.7 Å². The lowest BCUT2D eigenvalue weighted by Crippen LogP contribution is -2.17. The van der Waals surface area contributed by atoms with E-state index < -0.39 is 8.25 Å². The van der Waals surface area contributed by atoms with Gasteiger partial charge in [0.25, 0.3) is 0 Å². The van der Waals surface area contributed by atoms with Crippen LogP contribution in [-0.4, -0.2) is 13.5 Å². The molecular weight excluding hydrogens is 299 g/mol. The minimum Gasteiger partial charge on any atom is -0.286 e. The van der Waals surface area contributed by atoms with Gasteiger partial charge >= 0.3 is 8.25 Å². The van der Waals surface area contributed by atoms with Crippen molar-refractivity contribution in [2.75, 3.05) is 13.5 Å². The monoisotopic (exact) mass is 319 g/mol. The minimum atomic E-state index is -2.12. The third kappa shape index (κ3) is 6.89. The fourth-order valence-electron chi connectivity index (χ4n) is 1.82. The van der Waals surface area contributed by atoms with Crippen LogP contribution in [0.15, 0.2) is 60.7 Å². The lowest BCUT2D eigenvalue weighted by Gasteiger charge is -2.01. The summed E-state index contributed by atoms with van der Waals surface area (Å²) < 4.78 is 21.6. The van der Waals surface area contributed by atoms with E-state index in [1.165, 1.54) is 0 Å². The first-order valence-corrected chi connectivity index (χ1v) is 8.16. The summed E-state index contributed by atoms with van der Waals surface area (Å²) in [7, 11) is -2.12. The first kappa shape index (κ1) is 16.7. The molecular formula is C16H20N2O3P+. The second-order valence-electron chi connectivity index (χ2n) is 4.60. The van der Waals surface area contributed by atoms with Gasteiger partial charge in [0.15, 0.2) is 13.5 Å². The normalized spacial score (nSPS) is 10.5. The maximum absolute atomic E-state index is 11.5. The number of benzene rings is 2. The van der Waals surface area contributed by atoms with Crippen molar-refractivity contribution < 1.29 is 13.6 Å². The number of hydrogen-bond donors (Lipinski definition) is 2. The average Bonchev–Trinajstić information content (AvgIpc) is 2.57. The summed E-state index contributed by atoms with van der Waals surface area (Å²) in [5.74, 6) is 0. The fourth-order valence-corrected chi connectivity index (χ4v) is 2.28. The Hall–Kier alpha value is -1.62. The first-order chi connectivity index (χ1) is 10.8. The average molecular weight is 319 g/mol. The molecule has 2 rings (SSSR count). The van der Waals surface area contributed by atoms with E-state index in [4.69, 9.17) is 9.05 Å². The van der Waals surface area contributed by atoms with Gasteiger partial charge in [-0.3, -0.25) is 10.6 Å². The number of hydrogen-bond acceptors (Lipinski definition) is 5. The van der Waals surface area contributed by atoms with Gasteiger partial charge < -0.3 is 0 Å². The molecule has 0 aliphatic rings. The van der Waals surface area contributed by atoms with Crippen molar-refractivity contribution in [2.24, 2.45) is 0 Å². The van der Waals surface area contributed by atoms with E-state index in [1.54, 1.807) is 0 Å². The Labute approximate surface area is 131 Å². The maximum atomic E-state index is 11.5. The van der Waals surface area contributed by atoms with Crippen LogP contribution >= 0.6 is 8.25 Å². The molecule has 0 aliphatic heterocycles. The zero-order chi connectivity index (χ0) is 15.5. The summed E-state index contributed by atoms with van der Waals surface area (Å²) in [6.07, 6.45) is 0. The van der Waals surface area contributed by atoms with Gasteiger partial charge in [0.2, 0.25) is 0 Å². The molecule has 0 aliphatic carbocycles. The zero-order valence-electron chi connectivity index (χ0n) is 12.3. The summed E-state index contributed by atoms with van der Waals surface area (Å²) in [4.78, 5) is 0. The second-order valence-corrected chi connectivity index (χ2v) is 5.56. The molecule has 6 heteroatoms. The molecule has 0 saturated heterocycles. The van der Waals surface area contributed by atoms with Gasteiger partial charge in [-0.15, -0.1) is 9.05 Å². The van der Waals surface area contributed by atoms with E-state index in [9.17, 15) is 4.57 Å². The highest BCUT2D eigenvalue weighted by atomic mass is 31.1. The van der Waals surface area contributed by atoms with Gasteiger partial charge in [-0.1, -0.05) is 60.7 Å². The van der Waals surface area contributed by atoms with Crippen LogP contribution in [0.3, 0.4) is 0 Å². The molecule has 0 fully saturated rings. The Kier molecular flexibility index (Phi) is 7.74. The predicted octanol–water partition coefficient (Wildman–Crippen LogP) is 3.17. The van der Waals surface area contributed by atoms with Gasteiger partial charge in [0.1, 0.15) is 0 Å². The lowest BCUT2D eigenvalue weighted by atomic mass is 10.2. The third-order valence-electron chi connectivity index (χ3n) is 2.89. The minimum absolute atomic E-state index is 0.183. The van der Waals surface area contributed by atoms with Crippen LogP contribution in [0, 0.1) is 0 Å². The molecule has 22 heavy (non-hydrogen) atoms. The van der Waals surface area contributed by atoms with Crippen molar-refractivity contribution >= 4 is 8.25 Å². The Bertz CT molecular complexity index is 502. The molecule has 0 unspecified atom stereocenters. The molecule has 2 aromatic rings. The van der Waals surface area contributed by atoms with Gasteiger partial charge in [-0.25, -0.2) is 0 Å². The highest BCUT2D eigenvalue weighted by Gasteiger charge is 2.19. The molecule has 0 heterocycles. The molecule has 2 aromatic carbocycles. The Morgan fingerprint density at radius 3 is 1.55 bits per heavy atom. The zero-order valence-corrected chi connectivity index (χ0v) is 13.2. The van der Waals surface area contributed by atoms with Gasteiger partial charge in [-0.05, 0) is 11.1 Å². The molecule has 0 amide bonds. The highest BCUT2D eigenvalue weighted by Crippen LogP contribution is 2.21. The largest absolute Gasteiger partial charge is 0.700 e. The maximum Gasteiger partial charge on any atom is 0.700 e. The topological polar surface area (TPSA) is 59.6 Å². The molecule has 0 bridgehead atoms. The van der Waals surface area contributed by atoms with Crippen molar-refractivity contribution in [3.63, 3.8) is 0 Å². The summed E-state index contributed by atoms with van der Waals surface area (Å²) >= 11 is 0. The van der Waals surface area contributed by atoms with Crippen molar-refractivity contribution in [1.82, 2.24) is 10.6 Å². The van der Waals surface area contributed by atoms with Crippen molar-refractivity contribution in [1.29, 1.82) is 0 Å². The Morgan fingerprint density at radius 1 is 0.727 bits per heavy atom. The van der Waals surface area contributed by atoms with Crippen LogP contribution in [0.1, 0.15) is 11.1 Å². The highest BCUT2D eigenvalue weighted by molar-refractivity contribution is 7.33. The predicted molar refractivity (Wildman–Crippen MR) is 86.1 cm³/mol. The van der Waals surface area contributed by atoms with Gasteiger partial charge in [0.05, 0.1) is 0 Å². The smallest absolute Gasteiger partial charge is 0.286 e. The van der Waals surface area contributed by atoms with Crippen LogP contribution in [0.25, 0.3) is 0 Å². The van der Waals surface area contributed by atoms with E-state index in [0.29, 0.717) is 13.1 Å². The summed E-state index contributed by atoms with van der Waals surface area (Å²) in [6.45, 7) is 1.69. The molecule has 0 saturated carbocycles. The standard InChI is InChI=1S/C16H20N2O3P/c19-22(20-13-17-11-15-7-3-1-4-8-15)21-14-18-12-16-9-5-2-6-10-16/h1-10,17-18H,11-14H2/q+1. The SMILES string of the molecule is O=[P+](OCNCc1ccccc1)OCNCc1ccccc1. The summed E-state index contributed by atoms with van der Waals surface area (Å²) in [5.41, 5.74) is 2.29. The van der Waals surface area contributed by atoms with E-state index in [0.717, 1.165) is 11.1 Å². The number of nitrogens with one attached hydrogen (secondary N) is 2. The summed E-state index contributed by atoms with van der Waals surface area (Å²) in [6, 6.07) is 19.9. The molecule has 0 atom stereocenters. The Balaban J connectivity index is 1.49. The molecule has 5 nitrogen and oxygen atoms in total. The molecule has 0 radical (unpaired) electrons. The molecule has 2 N–H and O–H groups in total. The van der Waals surface area contributed by atoms with E-state index in [-0.39, 0.29) is 13.5 Å². The first-order valence-electron chi connectivity index (χ1n) is 7.07.